The van der Waals surface area contributed by atoms with Crippen molar-refractivity contribution in [1.29, 1.82) is 0 Å². The zero-order valence-electron chi connectivity index (χ0n) is 8.87. The van der Waals surface area contributed by atoms with Crippen molar-refractivity contribution >= 4 is 5.97 Å². The van der Waals surface area contributed by atoms with E-state index < -0.39 is 6.10 Å². The van der Waals surface area contributed by atoms with Crippen LogP contribution in [0.1, 0.15) is 44.9 Å². The lowest BCUT2D eigenvalue weighted by atomic mass is 9.85. The molecule has 1 rings (SSSR count). The van der Waals surface area contributed by atoms with E-state index in [1.54, 1.807) is 0 Å². The predicted molar refractivity (Wildman–Crippen MR) is 53.8 cm³/mol. The highest BCUT2D eigenvalue weighted by molar-refractivity contribution is 5.69. The maximum Gasteiger partial charge on any atom is 0.308 e. The van der Waals surface area contributed by atoms with E-state index in [1.807, 2.05) is 0 Å². The van der Waals surface area contributed by atoms with Gasteiger partial charge in [0.05, 0.1) is 19.6 Å². The maximum absolute atomic E-state index is 10.9. The van der Waals surface area contributed by atoms with Crippen LogP contribution >= 0.6 is 0 Å². The second-order valence-electron chi connectivity index (χ2n) is 4.17. The summed E-state index contributed by atoms with van der Waals surface area (Å²) >= 11 is 0. The summed E-state index contributed by atoms with van der Waals surface area (Å²) in [5.41, 5.74) is 0. The van der Waals surface area contributed by atoms with E-state index in [4.69, 9.17) is 0 Å². The molecule has 3 heteroatoms. The third-order valence-electron chi connectivity index (χ3n) is 2.96. The molecule has 0 radical (unpaired) electrons. The summed E-state index contributed by atoms with van der Waals surface area (Å²) in [6.07, 6.45) is 6.68. The van der Waals surface area contributed by atoms with Crippen LogP contribution in [-0.4, -0.2) is 24.3 Å². The van der Waals surface area contributed by atoms with Crippen molar-refractivity contribution in [2.45, 2.75) is 51.0 Å². The lowest BCUT2D eigenvalue weighted by molar-refractivity contribution is -0.143. The van der Waals surface area contributed by atoms with Crippen molar-refractivity contribution < 1.29 is 14.6 Å². The van der Waals surface area contributed by atoms with Gasteiger partial charge in [-0.15, -0.1) is 0 Å². The molecule has 1 fully saturated rings. The number of aliphatic hydroxyl groups excluding tert-OH is 1. The number of hydrogen-bond acceptors (Lipinski definition) is 3. The van der Waals surface area contributed by atoms with E-state index in [9.17, 15) is 9.90 Å². The summed E-state index contributed by atoms with van der Waals surface area (Å²) in [4.78, 5) is 10.9. The van der Waals surface area contributed by atoms with Gasteiger partial charge in [0.25, 0.3) is 0 Å². The van der Waals surface area contributed by atoms with Crippen LogP contribution < -0.4 is 0 Å². The van der Waals surface area contributed by atoms with Gasteiger partial charge in [-0.3, -0.25) is 4.79 Å². The molecule has 0 bridgehead atoms. The smallest absolute Gasteiger partial charge is 0.308 e. The van der Waals surface area contributed by atoms with Gasteiger partial charge in [0.15, 0.2) is 0 Å². The highest BCUT2D eigenvalue weighted by Gasteiger charge is 2.19. The van der Waals surface area contributed by atoms with Crippen LogP contribution in [0.3, 0.4) is 0 Å². The lowest BCUT2D eigenvalue weighted by Crippen LogP contribution is -2.19. The van der Waals surface area contributed by atoms with Crippen molar-refractivity contribution in [3.05, 3.63) is 0 Å². The summed E-state index contributed by atoms with van der Waals surface area (Å²) < 4.78 is 4.51. The average Bonchev–Trinajstić information content (AvgIpc) is 2.19. The number of methoxy groups -OCH3 is 1. The Morgan fingerprint density at radius 1 is 1.43 bits per heavy atom. The molecule has 0 unspecified atom stereocenters. The van der Waals surface area contributed by atoms with E-state index in [-0.39, 0.29) is 12.4 Å². The first-order valence-electron chi connectivity index (χ1n) is 5.47. The van der Waals surface area contributed by atoms with Crippen molar-refractivity contribution in [1.82, 2.24) is 0 Å². The number of esters is 1. The summed E-state index contributed by atoms with van der Waals surface area (Å²) in [5, 5.41) is 9.60. The van der Waals surface area contributed by atoms with E-state index in [2.05, 4.69) is 4.74 Å². The molecule has 0 heterocycles. The zero-order chi connectivity index (χ0) is 10.4. The standard InChI is InChI=1S/C11H20O3/c1-14-11(13)8-10(12)7-9-5-3-2-4-6-9/h9-10,12H,2-8H2,1H3/t10-/m0/s1. The van der Waals surface area contributed by atoms with Gasteiger partial charge in [-0.1, -0.05) is 32.1 Å². The van der Waals surface area contributed by atoms with Crippen LogP contribution in [0.4, 0.5) is 0 Å². The molecular formula is C11H20O3. The highest BCUT2D eigenvalue weighted by Crippen LogP contribution is 2.27. The molecule has 14 heavy (non-hydrogen) atoms. The Kier molecular flexibility index (Phi) is 4.94. The number of aliphatic hydroxyl groups is 1. The minimum Gasteiger partial charge on any atom is -0.469 e. The highest BCUT2D eigenvalue weighted by atomic mass is 16.5. The Hall–Kier alpha value is -0.570. The number of carbonyl (C=O) groups is 1. The molecule has 0 aromatic carbocycles. The number of hydrogen-bond donors (Lipinski definition) is 1. The van der Waals surface area contributed by atoms with E-state index in [0.717, 1.165) is 6.42 Å². The van der Waals surface area contributed by atoms with Gasteiger partial charge in [0, 0.05) is 0 Å². The van der Waals surface area contributed by atoms with Crippen LogP contribution in [0.2, 0.25) is 0 Å². The van der Waals surface area contributed by atoms with Gasteiger partial charge < -0.3 is 9.84 Å². The fourth-order valence-corrected chi connectivity index (χ4v) is 2.17. The molecular weight excluding hydrogens is 180 g/mol. The van der Waals surface area contributed by atoms with Crippen LogP contribution in [-0.2, 0) is 9.53 Å². The summed E-state index contributed by atoms with van der Waals surface area (Å²) in [6, 6.07) is 0. The molecule has 1 aliphatic carbocycles. The number of ether oxygens (including phenoxy) is 1. The SMILES string of the molecule is COC(=O)C[C@@H](O)CC1CCCCC1. The van der Waals surface area contributed by atoms with Crippen molar-refractivity contribution in [3.63, 3.8) is 0 Å². The summed E-state index contributed by atoms with van der Waals surface area (Å²) in [7, 11) is 1.36. The number of carbonyl (C=O) groups excluding carboxylic acids is 1. The molecule has 0 spiro atoms. The van der Waals surface area contributed by atoms with Gasteiger partial charge >= 0.3 is 5.97 Å². The maximum atomic E-state index is 10.9. The molecule has 1 saturated carbocycles. The first-order chi connectivity index (χ1) is 6.72. The van der Waals surface area contributed by atoms with E-state index in [1.165, 1.54) is 39.2 Å². The summed E-state index contributed by atoms with van der Waals surface area (Å²) in [5.74, 6) is 0.303. The van der Waals surface area contributed by atoms with Crippen LogP contribution in [0, 0.1) is 5.92 Å². The quantitative estimate of drug-likeness (QED) is 0.705. The monoisotopic (exact) mass is 200 g/mol. The Morgan fingerprint density at radius 3 is 2.64 bits per heavy atom. The molecule has 0 amide bonds. The van der Waals surface area contributed by atoms with Gasteiger partial charge in [-0.25, -0.2) is 0 Å². The Labute approximate surface area is 85.5 Å². The molecule has 0 saturated heterocycles. The van der Waals surface area contributed by atoms with Crippen molar-refractivity contribution in [2.75, 3.05) is 7.11 Å². The molecule has 0 aromatic heterocycles. The fraction of sp³-hybridized carbons (Fsp3) is 0.909. The number of rotatable bonds is 4. The first kappa shape index (κ1) is 11.5. The molecule has 1 atom stereocenters. The zero-order valence-corrected chi connectivity index (χ0v) is 8.87. The molecule has 0 aromatic rings. The molecule has 3 nitrogen and oxygen atoms in total. The second-order valence-corrected chi connectivity index (χ2v) is 4.17. The normalized spacial score (nSPS) is 20.4. The van der Waals surface area contributed by atoms with Crippen LogP contribution in [0.25, 0.3) is 0 Å². The first-order valence-corrected chi connectivity index (χ1v) is 5.47. The van der Waals surface area contributed by atoms with Crippen molar-refractivity contribution in [3.8, 4) is 0 Å². The minimum absolute atomic E-state index is 0.146. The molecule has 82 valence electrons. The topological polar surface area (TPSA) is 46.5 Å². The predicted octanol–water partition coefficient (Wildman–Crippen LogP) is 1.88. The third-order valence-corrected chi connectivity index (χ3v) is 2.96. The van der Waals surface area contributed by atoms with Crippen LogP contribution in [0.15, 0.2) is 0 Å². The van der Waals surface area contributed by atoms with Gasteiger partial charge in [0.1, 0.15) is 0 Å². The average molecular weight is 200 g/mol. The molecule has 1 aliphatic rings. The van der Waals surface area contributed by atoms with Crippen molar-refractivity contribution in [2.24, 2.45) is 5.92 Å². The van der Waals surface area contributed by atoms with Gasteiger partial charge in [-0.2, -0.15) is 0 Å². The van der Waals surface area contributed by atoms with E-state index in [0.29, 0.717) is 5.92 Å². The molecule has 0 aliphatic heterocycles. The Bertz CT molecular complexity index is 173. The van der Waals surface area contributed by atoms with Gasteiger partial charge in [-0.05, 0) is 12.3 Å². The van der Waals surface area contributed by atoms with Gasteiger partial charge in [0.2, 0.25) is 0 Å². The Morgan fingerprint density at radius 2 is 2.07 bits per heavy atom. The fourth-order valence-electron chi connectivity index (χ4n) is 2.17. The Balaban J connectivity index is 2.18. The summed E-state index contributed by atoms with van der Waals surface area (Å²) in [6.45, 7) is 0. The van der Waals surface area contributed by atoms with E-state index >= 15 is 0 Å². The minimum atomic E-state index is -0.509. The lowest BCUT2D eigenvalue weighted by Gasteiger charge is -2.23. The van der Waals surface area contributed by atoms with Crippen LogP contribution in [0.5, 0.6) is 0 Å². The largest absolute Gasteiger partial charge is 0.469 e. The third kappa shape index (κ3) is 4.09. The second kappa shape index (κ2) is 6.02. The molecule has 1 N–H and O–H groups in total.